The Kier molecular flexibility index (Phi) is 8.08. The first-order chi connectivity index (χ1) is 18.2. The number of sulfonamides is 1. The van der Waals surface area contributed by atoms with E-state index in [-0.39, 0.29) is 27.6 Å². The third kappa shape index (κ3) is 5.68. The van der Waals surface area contributed by atoms with Crippen LogP contribution in [-0.2, 0) is 19.5 Å². The van der Waals surface area contributed by atoms with Crippen molar-refractivity contribution in [2.45, 2.75) is 4.90 Å². The molecule has 0 radical (unpaired) electrons. The van der Waals surface area contributed by atoms with Crippen LogP contribution in [-0.4, -0.2) is 71.6 Å². The molecule has 1 aliphatic heterocycles. The number of hydrogen-bond acceptors (Lipinski definition) is 7. The van der Waals surface area contributed by atoms with E-state index >= 15 is 0 Å². The van der Waals surface area contributed by atoms with Crippen molar-refractivity contribution in [3.05, 3.63) is 89.5 Å². The molecule has 4 rings (SSSR count). The van der Waals surface area contributed by atoms with Crippen molar-refractivity contribution in [2.24, 2.45) is 0 Å². The lowest BCUT2D eigenvalue weighted by molar-refractivity contribution is 0.0303. The molecular weight excluding hydrogens is 510 g/mol. The molecule has 10 nitrogen and oxygen atoms in total. The number of hydrogen-bond donors (Lipinski definition) is 1. The number of amides is 2. The number of carbonyl (C=O) groups excluding carboxylic acids is 3. The first-order valence-corrected chi connectivity index (χ1v) is 13.2. The lowest BCUT2D eigenvalue weighted by Crippen LogP contribution is -2.40. The van der Waals surface area contributed by atoms with E-state index in [4.69, 9.17) is 9.47 Å². The number of rotatable bonds is 7. The van der Waals surface area contributed by atoms with E-state index in [1.54, 1.807) is 47.4 Å². The smallest absolute Gasteiger partial charge is 0.339 e. The van der Waals surface area contributed by atoms with Gasteiger partial charge in [-0.05, 0) is 54.6 Å². The Balaban J connectivity index is 1.52. The minimum atomic E-state index is -4.03. The molecule has 0 aliphatic carbocycles. The number of methoxy groups -OCH3 is 1. The topological polar surface area (TPSA) is 122 Å². The molecule has 0 aromatic heterocycles. The van der Waals surface area contributed by atoms with Gasteiger partial charge in [-0.3, -0.25) is 13.9 Å². The van der Waals surface area contributed by atoms with Gasteiger partial charge in [0.25, 0.3) is 21.8 Å². The molecule has 38 heavy (non-hydrogen) atoms. The molecule has 0 unspecified atom stereocenters. The summed E-state index contributed by atoms with van der Waals surface area (Å²) in [4.78, 5) is 39.2. The zero-order chi connectivity index (χ0) is 27.3. The fourth-order valence-electron chi connectivity index (χ4n) is 3.93. The number of esters is 1. The lowest BCUT2D eigenvalue weighted by atomic mass is 10.1. The van der Waals surface area contributed by atoms with Crippen LogP contribution in [0.4, 0.5) is 11.4 Å². The van der Waals surface area contributed by atoms with Crippen molar-refractivity contribution in [2.75, 3.05) is 50.1 Å². The van der Waals surface area contributed by atoms with Crippen LogP contribution in [0.1, 0.15) is 31.1 Å². The third-order valence-electron chi connectivity index (χ3n) is 6.11. The first-order valence-electron chi connectivity index (χ1n) is 11.8. The zero-order valence-corrected chi connectivity index (χ0v) is 21.7. The molecule has 3 aromatic rings. The molecule has 1 heterocycles. The van der Waals surface area contributed by atoms with Gasteiger partial charge in [0, 0.05) is 31.3 Å². The number of nitrogens with zero attached hydrogens (tertiary/aromatic N) is 2. The number of para-hydroxylation sites is 1. The molecule has 198 valence electrons. The SMILES string of the molecule is COC(=O)c1ccccc1NC(=O)c1cccc(S(=O)(=O)N(C)c2ccc(C(=O)N3CCOCC3)cc2)c1. The molecule has 1 fully saturated rings. The number of nitrogens with one attached hydrogen (secondary N) is 1. The third-order valence-corrected chi connectivity index (χ3v) is 7.89. The highest BCUT2D eigenvalue weighted by atomic mass is 32.2. The normalized spacial score (nSPS) is 13.5. The summed E-state index contributed by atoms with van der Waals surface area (Å²) in [5.41, 5.74) is 1.30. The number of anilines is 2. The molecule has 11 heteroatoms. The molecule has 0 spiro atoms. The van der Waals surface area contributed by atoms with Crippen LogP contribution in [0.15, 0.2) is 77.7 Å². The van der Waals surface area contributed by atoms with Gasteiger partial charge in [0.1, 0.15) is 0 Å². The maximum absolute atomic E-state index is 13.4. The van der Waals surface area contributed by atoms with E-state index < -0.39 is 21.9 Å². The molecular formula is C27H27N3O7S. The summed E-state index contributed by atoms with van der Waals surface area (Å²) >= 11 is 0. The van der Waals surface area contributed by atoms with Crippen molar-refractivity contribution < 1.29 is 32.3 Å². The summed E-state index contributed by atoms with van der Waals surface area (Å²) in [5.74, 6) is -1.35. The minimum absolute atomic E-state index is 0.0885. The van der Waals surface area contributed by atoms with Gasteiger partial charge in [0.15, 0.2) is 0 Å². The van der Waals surface area contributed by atoms with Crippen LogP contribution in [0.5, 0.6) is 0 Å². The second-order valence-electron chi connectivity index (χ2n) is 8.44. The van der Waals surface area contributed by atoms with Crippen LogP contribution in [0.3, 0.4) is 0 Å². The Morgan fingerprint density at radius 3 is 2.29 bits per heavy atom. The lowest BCUT2D eigenvalue weighted by Gasteiger charge is -2.27. The molecule has 0 saturated carbocycles. The Morgan fingerprint density at radius 2 is 1.61 bits per heavy atom. The van der Waals surface area contributed by atoms with Crippen LogP contribution >= 0.6 is 0 Å². The molecule has 3 aromatic carbocycles. The summed E-state index contributed by atoms with van der Waals surface area (Å²) in [5, 5.41) is 2.63. The highest BCUT2D eigenvalue weighted by molar-refractivity contribution is 7.92. The molecule has 1 saturated heterocycles. The van der Waals surface area contributed by atoms with Crippen LogP contribution in [0.25, 0.3) is 0 Å². The van der Waals surface area contributed by atoms with E-state index in [0.29, 0.717) is 37.6 Å². The number of carbonyl (C=O) groups is 3. The summed E-state index contributed by atoms with van der Waals surface area (Å²) in [6, 6.07) is 18.2. The Labute approximate surface area is 220 Å². The average molecular weight is 538 g/mol. The predicted octanol–water partition coefficient (Wildman–Crippen LogP) is 3.02. The second-order valence-corrected chi connectivity index (χ2v) is 10.4. The highest BCUT2D eigenvalue weighted by Gasteiger charge is 2.24. The van der Waals surface area contributed by atoms with Gasteiger partial charge in [0.05, 0.1) is 42.2 Å². The van der Waals surface area contributed by atoms with Crippen molar-refractivity contribution in [3.63, 3.8) is 0 Å². The van der Waals surface area contributed by atoms with Crippen molar-refractivity contribution in [1.82, 2.24) is 4.90 Å². The number of ether oxygens (including phenoxy) is 2. The average Bonchev–Trinajstić information content (AvgIpc) is 2.96. The molecule has 0 bridgehead atoms. The molecule has 1 aliphatic rings. The fraction of sp³-hybridized carbons (Fsp3) is 0.222. The number of morpholine rings is 1. The van der Waals surface area contributed by atoms with Gasteiger partial charge in [-0.2, -0.15) is 0 Å². The van der Waals surface area contributed by atoms with E-state index in [1.807, 2.05) is 0 Å². The summed E-state index contributed by atoms with van der Waals surface area (Å²) in [6.45, 7) is 1.99. The number of benzene rings is 3. The van der Waals surface area contributed by atoms with Gasteiger partial charge in [-0.25, -0.2) is 13.2 Å². The van der Waals surface area contributed by atoms with Crippen molar-refractivity contribution in [3.8, 4) is 0 Å². The quantitative estimate of drug-likeness (QED) is 0.460. The van der Waals surface area contributed by atoms with Crippen LogP contribution in [0, 0.1) is 0 Å². The highest BCUT2D eigenvalue weighted by Crippen LogP contribution is 2.24. The minimum Gasteiger partial charge on any atom is -0.465 e. The first kappa shape index (κ1) is 26.8. The van der Waals surface area contributed by atoms with Crippen LogP contribution < -0.4 is 9.62 Å². The standard InChI is InChI=1S/C27H27N3O7S/c1-29(21-12-10-19(11-13-21)26(32)30-14-16-37-17-15-30)38(34,35)22-7-5-6-20(18-22)25(31)28-24-9-4-3-8-23(24)27(33)36-2/h3-13,18H,14-17H2,1-2H3,(H,28,31). The largest absolute Gasteiger partial charge is 0.465 e. The Bertz CT molecular complexity index is 1450. The van der Waals surface area contributed by atoms with E-state index in [0.717, 1.165) is 4.31 Å². The van der Waals surface area contributed by atoms with E-state index in [2.05, 4.69) is 5.32 Å². The van der Waals surface area contributed by atoms with Gasteiger partial charge in [-0.1, -0.05) is 18.2 Å². The summed E-state index contributed by atoms with van der Waals surface area (Å²) < 4.78 is 37.8. The Morgan fingerprint density at radius 1 is 0.921 bits per heavy atom. The zero-order valence-electron chi connectivity index (χ0n) is 20.9. The van der Waals surface area contributed by atoms with E-state index in [9.17, 15) is 22.8 Å². The van der Waals surface area contributed by atoms with Gasteiger partial charge < -0.3 is 19.7 Å². The summed E-state index contributed by atoms with van der Waals surface area (Å²) in [6.07, 6.45) is 0. The van der Waals surface area contributed by atoms with E-state index in [1.165, 1.54) is 44.5 Å². The fourth-order valence-corrected chi connectivity index (χ4v) is 5.17. The van der Waals surface area contributed by atoms with Gasteiger partial charge in [-0.15, -0.1) is 0 Å². The van der Waals surface area contributed by atoms with Gasteiger partial charge in [0.2, 0.25) is 0 Å². The maximum Gasteiger partial charge on any atom is 0.339 e. The molecule has 0 atom stereocenters. The molecule has 2 amide bonds. The Hall–Kier alpha value is -4.22. The molecule has 1 N–H and O–H groups in total. The van der Waals surface area contributed by atoms with Crippen molar-refractivity contribution in [1.29, 1.82) is 0 Å². The van der Waals surface area contributed by atoms with Gasteiger partial charge >= 0.3 is 5.97 Å². The predicted molar refractivity (Wildman–Crippen MR) is 141 cm³/mol. The maximum atomic E-state index is 13.4. The summed E-state index contributed by atoms with van der Waals surface area (Å²) in [7, 11) is -1.40. The monoisotopic (exact) mass is 537 g/mol. The van der Waals surface area contributed by atoms with Crippen LogP contribution in [0.2, 0.25) is 0 Å². The second kappa shape index (κ2) is 11.4. The van der Waals surface area contributed by atoms with Crippen molar-refractivity contribution >= 4 is 39.2 Å².